The standard InChI is InChI=1S/C35H45N2O10P/c38-29-21-28(24-45-48(43,44)47-42)31(23-29)32(39)15-3-1-9-19-36-34(40)16-4-2-10-20-37-35(41)46-33-22-27-13-6-5-11-25(27)17-18-26-12-7-8-14-30(26)33/h5-8,11-14,28-29,31,33,38,42H,1-4,9-10,15-16,19-24H2,(H,36,40)(H,37,41)(H,43,44)/t28-,29+,31?,33?/m0/s1. The van der Waals surface area contributed by atoms with Crippen LogP contribution in [0, 0.1) is 23.7 Å². The number of unbranched alkanes of at least 4 members (excludes halogenated alkanes) is 4. The number of alkyl carbamates (subject to hydrolysis) is 1. The fourth-order valence-electron chi connectivity index (χ4n) is 6.20. The van der Waals surface area contributed by atoms with Crippen molar-refractivity contribution in [2.24, 2.45) is 11.8 Å². The molecule has 5 atom stereocenters. The van der Waals surface area contributed by atoms with Gasteiger partial charge in [-0.1, -0.05) is 61.1 Å². The Balaban J connectivity index is 1.04. The second-order valence-corrected chi connectivity index (χ2v) is 13.7. The van der Waals surface area contributed by atoms with Crippen LogP contribution in [0.3, 0.4) is 0 Å². The van der Waals surface area contributed by atoms with Crippen molar-refractivity contribution in [3.8, 4) is 11.8 Å². The predicted molar refractivity (Wildman–Crippen MR) is 176 cm³/mol. The molecule has 48 heavy (non-hydrogen) atoms. The number of carbonyl (C=O) groups excluding carboxylic acids is 3. The number of hydrogen-bond acceptors (Lipinski definition) is 9. The van der Waals surface area contributed by atoms with E-state index in [0.717, 1.165) is 41.5 Å². The molecule has 2 aliphatic carbocycles. The third kappa shape index (κ3) is 11.8. The number of Topliss-reactive ketones (excluding diaryl/α,β-unsaturated/α-hetero) is 1. The van der Waals surface area contributed by atoms with E-state index in [9.17, 15) is 28.9 Å². The molecule has 1 fully saturated rings. The highest BCUT2D eigenvalue weighted by atomic mass is 31.2. The first kappa shape index (κ1) is 37.3. The van der Waals surface area contributed by atoms with Gasteiger partial charge in [-0.2, -0.15) is 0 Å². The quantitative estimate of drug-likeness (QED) is 0.0460. The molecule has 2 aliphatic rings. The summed E-state index contributed by atoms with van der Waals surface area (Å²) in [4.78, 5) is 46.8. The average Bonchev–Trinajstić information content (AvgIpc) is 3.45. The van der Waals surface area contributed by atoms with Gasteiger partial charge in [0.05, 0.1) is 12.7 Å². The van der Waals surface area contributed by atoms with Crippen molar-refractivity contribution in [2.75, 3.05) is 19.7 Å². The third-order valence-electron chi connectivity index (χ3n) is 8.72. The average molecular weight is 685 g/mol. The molecule has 0 heterocycles. The Labute approximate surface area is 281 Å². The van der Waals surface area contributed by atoms with Gasteiger partial charge in [-0.05, 0) is 62.1 Å². The summed E-state index contributed by atoms with van der Waals surface area (Å²) in [5.41, 5.74) is 3.69. The number of phosphoric acid groups is 1. The number of rotatable bonds is 18. The van der Waals surface area contributed by atoms with Gasteiger partial charge in [-0.15, -0.1) is 4.67 Å². The normalized spacial score (nSPS) is 20.9. The van der Waals surface area contributed by atoms with E-state index in [1.165, 1.54) is 0 Å². The summed E-state index contributed by atoms with van der Waals surface area (Å²) < 4.78 is 25.3. The zero-order valence-electron chi connectivity index (χ0n) is 27.0. The minimum absolute atomic E-state index is 0.0411. The number of nitrogens with one attached hydrogen (secondary N) is 2. The zero-order valence-corrected chi connectivity index (χ0v) is 27.9. The number of fused-ring (bicyclic) bond motifs is 2. The SMILES string of the molecule is O=C(CCCCCNC(=O)OC1Cc2ccccc2C#Cc2ccccc21)NCCCCCC(=O)C1C[C@H](O)C[C@H]1COP(=O)(O)OO. The summed E-state index contributed by atoms with van der Waals surface area (Å²) in [6.07, 6.45) is 4.36. The number of phosphoric ester groups is 1. The number of ether oxygens (including phenoxy) is 1. The Morgan fingerprint density at radius 3 is 2.29 bits per heavy atom. The smallest absolute Gasteiger partial charge is 0.441 e. The number of aliphatic hydroxyl groups is 1. The van der Waals surface area contributed by atoms with Crippen LogP contribution in [0.4, 0.5) is 4.79 Å². The lowest BCUT2D eigenvalue weighted by Gasteiger charge is -2.22. The van der Waals surface area contributed by atoms with Gasteiger partial charge in [0.25, 0.3) is 0 Å². The molecular weight excluding hydrogens is 639 g/mol. The third-order valence-corrected chi connectivity index (χ3v) is 9.40. The van der Waals surface area contributed by atoms with Gasteiger partial charge in [0.2, 0.25) is 5.91 Å². The van der Waals surface area contributed by atoms with Crippen LogP contribution in [0.1, 0.15) is 92.6 Å². The van der Waals surface area contributed by atoms with Crippen LogP contribution in [-0.4, -0.2) is 58.8 Å². The first-order valence-electron chi connectivity index (χ1n) is 16.6. The van der Waals surface area contributed by atoms with Crippen molar-refractivity contribution in [1.29, 1.82) is 0 Å². The second-order valence-electron chi connectivity index (χ2n) is 12.3. The van der Waals surface area contributed by atoms with Crippen LogP contribution in [0.2, 0.25) is 0 Å². The first-order valence-corrected chi connectivity index (χ1v) is 18.1. The van der Waals surface area contributed by atoms with Crippen molar-refractivity contribution in [2.45, 2.75) is 82.8 Å². The molecule has 2 amide bonds. The minimum atomic E-state index is -4.58. The van der Waals surface area contributed by atoms with Crippen LogP contribution in [0.25, 0.3) is 0 Å². The molecule has 260 valence electrons. The van der Waals surface area contributed by atoms with Crippen LogP contribution < -0.4 is 10.6 Å². The highest BCUT2D eigenvalue weighted by Gasteiger charge is 2.39. The van der Waals surface area contributed by atoms with E-state index in [-0.39, 0.29) is 31.1 Å². The van der Waals surface area contributed by atoms with Gasteiger partial charge in [-0.3, -0.25) is 14.1 Å². The summed E-state index contributed by atoms with van der Waals surface area (Å²) in [5.74, 6) is 5.42. The van der Waals surface area contributed by atoms with Crippen LogP contribution in [-0.2, 0) is 34.5 Å². The summed E-state index contributed by atoms with van der Waals surface area (Å²) >= 11 is 0. The minimum Gasteiger partial charge on any atom is -0.441 e. The molecule has 0 aliphatic heterocycles. The van der Waals surface area contributed by atoms with Crippen molar-refractivity contribution >= 4 is 25.6 Å². The van der Waals surface area contributed by atoms with E-state index in [4.69, 9.17) is 9.99 Å². The van der Waals surface area contributed by atoms with Crippen LogP contribution in [0.5, 0.6) is 0 Å². The Bertz CT molecular complexity index is 1510. The Kier molecular flexibility index (Phi) is 14.6. The maximum absolute atomic E-state index is 12.7. The van der Waals surface area contributed by atoms with E-state index in [2.05, 4.69) is 31.7 Å². The lowest BCUT2D eigenvalue weighted by atomic mass is 9.90. The van der Waals surface area contributed by atoms with Crippen LogP contribution >= 0.6 is 7.82 Å². The predicted octanol–water partition coefficient (Wildman–Crippen LogP) is 5.21. The van der Waals surface area contributed by atoms with Gasteiger partial charge in [0.15, 0.2) is 0 Å². The maximum atomic E-state index is 12.7. The molecule has 4 rings (SSSR count). The largest absolute Gasteiger partial charge is 0.499 e. The number of hydrogen-bond donors (Lipinski definition) is 5. The number of aliphatic hydroxyl groups excluding tert-OH is 1. The molecule has 2 aromatic rings. The molecule has 1 saturated carbocycles. The van der Waals surface area contributed by atoms with Gasteiger partial charge in [-0.25, -0.2) is 14.6 Å². The molecule has 2 aromatic carbocycles. The second kappa shape index (κ2) is 18.8. The van der Waals surface area contributed by atoms with E-state index in [1.54, 1.807) is 0 Å². The molecule has 12 nitrogen and oxygen atoms in total. The van der Waals surface area contributed by atoms with E-state index in [1.807, 2.05) is 48.5 Å². The van der Waals surface area contributed by atoms with E-state index in [0.29, 0.717) is 51.6 Å². The highest BCUT2D eigenvalue weighted by molar-refractivity contribution is 7.47. The molecule has 0 saturated heterocycles. The summed E-state index contributed by atoms with van der Waals surface area (Å²) in [5, 5.41) is 24.1. The number of ketones is 1. The first-order chi connectivity index (χ1) is 23.1. The number of amides is 2. The fourth-order valence-corrected chi connectivity index (χ4v) is 6.63. The number of carbonyl (C=O) groups is 3. The monoisotopic (exact) mass is 684 g/mol. The van der Waals surface area contributed by atoms with Crippen molar-refractivity contribution in [1.82, 2.24) is 10.6 Å². The van der Waals surface area contributed by atoms with Crippen LogP contribution in [0.15, 0.2) is 48.5 Å². The topological polar surface area (TPSA) is 181 Å². The Morgan fingerprint density at radius 2 is 1.52 bits per heavy atom. The van der Waals surface area contributed by atoms with Crippen molar-refractivity contribution < 1.29 is 48.1 Å². The fraction of sp³-hybridized carbons (Fsp3) is 0.514. The molecule has 0 radical (unpaired) electrons. The lowest BCUT2D eigenvalue weighted by molar-refractivity contribution is -0.163. The van der Waals surface area contributed by atoms with Crippen molar-refractivity contribution in [3.05, 3.63) is 70.8 Å². The van der Waals surface area contributed by atoms with Gasteiger partial charge in [0, 0.05) is 55.0 Å². The summed E-state index contributed by atoms with van der Waals surface area (Å²) in [6, 6.07) is 15.6. The molecular formula is C35H45N2O10P. The van der Waals surface area contributed by atoms with Gasteiger partial charge in [0.1, 0.15) is 11.9 Å². The summed E-state index contributed by atoms with van der Waals surface area (Å²) in [7, 11) is -4.58. The van der Waals surface area contributed by atoms with Gasteiger partial charge < -0.3 is 25.4 Å². The maximum Gasteiger partial charge on any atom is 0.499 e. The highest BCUT2D eigenvalue weighted by Crippen LogP contribution is 2.44. The Morgan fingerprint density at radius 1 is 0.854 bits per heavy atom. The molecule has 0 bridgehead atoms. The molecule has 0 spiro atoms. The summed E-state index contributed by atoms with van der Waals surface area (Å²) in [6.45, 7) is 0.669. The Hall–Kier alpha value is -3.56. The van der Waals surface area contributed by atoms with E-state index < -0.39 is 38.0 Å². The van der Waals surface area contributed by atoms with Crippen molar-refractivity contribution in [3.63, 3.8) is 0 Å². The molecule has 13 heteroatoms. The number of benzene rings is 2. The lowest BCUT2D eigenvalue weighted by Crippen LogP contribution is -2.28. The molecule has 0 aromatic heterocycles. The van der Waals surface area contributed by atoms with E-state index >= 15 is 0 Å². The molecule has 3 unspecified atom stereocenters. The van der Waals surface area contributed by atoms with Gasteiger partial charge >= 0.3 is 13.9 Å². The zero-order chi connectivity index (χ0) is 34.4. The molecule has 5 N–H and O–H groups in total.